The third kappa shape index (κ3) is 4.69. The van der Waals surface area contributed by atoms with Crippen molar-refractivity contribution in [1.82, 2.24) is 0 Å². The van der Waals surface area contributed by atoms with Gasteiger partial charge in [-0.05, 0) is 37.3 Å². The fraction of sp³-hybridized carbons (Fsp3) is 0.222. The molecule has 2 aromatic carbocycles. The normalized spacial score (nSPS) is 12.3. The van der Waals surface area contributed by atoms with E-state index >= 15 is 0 Å². The summed E-state index contributed by atoms with van der Waals surface area (Å²) in [6, 6.07) is 20.3. The highest BCUT2D eigenvalue weighted by Crippen LogP contribution is 2.21. The fourth-order valence-electron chi connectivity index (χ4n) is 1.83. The summed E-state index contributed by atoms with van der Waals surface area (Å²) in [5.41, 5.74) is 2.14. The Kier molecular flexibility index (Phi) is 4.78. The van der Waals surface area contributed by atoms with Crippen molar-refractivity contribution >= 4 is 8.32 Å². The van der Waals surface area contributed by atoms with E-state index in [0.29, 0.717) is 0 Å². The standard InChI is InChI=1S/C18H20OSi/c1-20(2,3)19-18(17-12-8-5-9-13-17)15-14-16-10-6-4-7-11-16/h4-13,18H,1-3H3. The lowest BCUT2D eigenvalue weighted by Gasteiger charge is -2.23. The van der Waals surface area contributed by atoms with Gasteiger partial charge < -0.3 is 4.43 Å². The molecule has 0 aromatic heterocycles. The molecule has 0 aliphatic heterocycles. The van der Waals surface area contributed by atoms with E-state index in [1.165, 1.54) is 0 Å². The predicted molar refractivity (Wildman–Crippen MR) is 86.9 cm³/mol. The molecule has 1 nitrogen and oxygen atoms in total. The SMILES string of the molecule is C[Si](C)(C)OC(C#Cc1ccccc1)c1ccccc1. The summed E-state index contributed by atoms with van der Waals surface area (Å²) in [5.74, 6) is 6.48. The Bertz CT molecular complexity index is 588. The van der Waals surface area contributed by atoms with Crippen molar-refractivity contribution in [3.8, 4) is 11.8 Å². The number of rotatable bonds is 3. The first-order chi connectivity index (χ1) is 9.54. The van der Waals surface area contributed by atoms with Gasteiger partial charge in [0.2, 0.25) is 0 Å². The van der Waals surface area contributed by atoms with Crippen molar-refractivity contribution < 1.29 is 4.43 Å². The Morgan fingerprint density at radius 1 is 0.850 bits per heavy atom. The number of benzene rings is 2. The van der Waals surface area contributed by atoms with Crippen LogP contribution in [0.15, 0.2) is 60.7 Å². The lowest BCUT2D eigenvalue weighted by molar-refractivity contribution is 0.257. The zero-order valence-electron chi connectivity index (χ0n) is 12.3. The molecular formula is C18H20OSi. The minimum Gasteiger partial charge on any atom is -0.400 e. The van der Waals surface area contributed by atoms with Gasteiger partial charge in [0, 0.05) is 5.56 Å². The molecule has 20 heavy (non-hydrogen) atoms. The highest BCUT2D eigenvalue weighted by molar-refractivity contribution is 6.69. The third-order valence-corrected chi connectivity index (χ3v) is 3.64. The molecule has 0 fully saturated rings. The van der Waals surface area contributed by atoms with Gasteiger partial charge in [0.15, 0.2) is 8.32 Å². The van der Waals surface area contributed by atoms with Crippen LogP contribution in [0.5, 0.6) is 0 Å². The first-order valence-electron chi connectivity index (χ1n) is 6.84. The second kappa shape index (κ2) is 6.56. The molecule has 2 rings (SSSR count). The maximum atomic E-state index is 6.21. The average Bonchev–Trinajstić information content (AvgIpc) is 2.44. The van der Waals surface area contributed by atoms with E-state index in [9.17, 15) is 0 Å². The average molecular weight is 280 g/mol. The van der Waals surface area contributed by atoms with Gasteiger partial charge in [0.05, 0.1) is 0 Å². The zero-order chi connectivity index (χ0) is 14.4. The van der Waals surface area contributed by atoms with E-state index in [-0.39, 0.29) is 6.10 Å². The molecule has 0 radical (unpaired) electrons. The molecule has 0 saturated heterocycles. The second-order valence-corrected chi connectivity index (χ2v) is 10.1. The van der Waals surface area contributed by atoms with E-state index in [0.717, 1.165) is 11.1 Å². The van der Waals surface area contributed by atoms with Crippen LogP contribution in [-0.4, -0.2) is 8.32 Å². The van der Waals surface area contributed by atoms with Crippen LogP contribution in [-0.2, 0) is 4.43 Å². The monoisotopic (exact) mass is 280 g/mol. The lowest BCUT2D eigenvalue weighted by Crippen LogP contribution is -2.27. The van der Waals surface area contributed by atoms with E-state index in [4.69, 9.17) is 4.43 Å². The molecule has 0 amide bonds. The van der Waals surface area contributed by atoms with Crippen LogP contribution in [0, 0.1) is 11.8 Å². The zero-order valence-corrected chi connectivity index (χ0v) is 13.3. The van der Waals surface area contributed by atoms with Gasteiger partial charge in [-0.15, -0.1) is 0 Å². The molecule has 0 heterocycles. The Morgan fingerprint density at radius 2 is 1.40 bits per heavy atom. The van der Waals surface area contributed by atoms with Crippen molar-refractivity contribution in [2.24, 2.45) is 0 Å². The number of hydrogen-bond donors (Lipinski definition) is 0. The topological polar surface area (TPSA) is 9.23 Å². The van der Waals surface area contributed by atoms with Crippen LogP contribution < -0.4 is 0 Å². The van der Waals surface area contributed by atoms with Crippen LogP contribution in [0.4, 0.5) is 0 Å². The van der Waals surface area contributed by atoms with E-state index in [1.54, 1.807) is 0 Å². The summed E-state index contributed by atoms with van der Waals surface area (Å²) < 4.78 is 6.21. The molecule has 0 N–H and O–H groups in total. The lowest BCUT2D eigenvalue weighted by atomic mass is 10.1. The highest BCUT2D eigenvalue weighted by Gasteiger charge is 2.20. The van der Waals surface area contributed by atoms with Crippen molar-refractivity contribution in [2.45, 2.75) is 25.7 Å². The summed E-state index contributed by atoms with van der Waals surface area (Å²) in [4.78, 5) is 0. The van der Waals surface area contributed by atoms with Crippen LogP contribution in [0.25, 0.3) is 0 Å². The van der Waals surface area contributed by atoms with E-state index in [1.807, 2.05) is 48.5 Å². The smallest absolute Gasteiger partial charge is 0.185 e. The Morgan fingerprint density at radius 3 is 1.95 bits per heavy atom. The van der Waals surface area contributed by atoms with Crippen LogP contribution in [0.1, 0.15) is 17.2 Å². The summed E-state index contributed by atoms with van der Waals surface area (Å²) in [7, 11) is -1.64. The van der Waals surface area contributed by atoms with Gasteiger partial charge in [0.25, 0.3) is 0 Å². The predicted octanol–water partition coefficient (Wildman–Crippen LogP) is 4.63. The molecule has 0 spiro atoms. The quantitative estimate of drug-likeness (QED) is 0.588. The molecule has 1 atom stereocenters. The summed E-state index contributed by atoms with van der Waals surface area (Å²) in [5, 5.41) is 0. The van der Waals surface area contributed by atoms with E-state index in [2.05, 4.69) is 43.6 Å². The van der Waals surface area contributed by atoms with Crippen LogP contribution in [0.2, 0.25) is 19.6 Å². The fourth-order valence-corrected chi connectivity index (χ4v) is 2.73. The minimum absolute atomic E-state index is 0.150. The largest absolute Gasteiger partial charge is 0.400 e. The van der Waals surface area contributed by atoms with Crippen molar-refractivity contribution in [1.29, 1.82) is 0 Å². The molecule has 1 unspecified atom stereocenters. The minimum atomic E-state index is -1.64. The highest BCUT2D eigenvalue weighted by atomic mass is 28.4. The first-order valence-corrected chi connectivity index (χ1v) is 10.2. The summed E-state index contributed by atoms with van der Waals surface area (Å²) >= 11 is 0. The maximum absolute atomic E-state index is 6.21. The molecule has 2 heteroatoms. The summed E-state index contributed by atoms with van der Waals surface area (Å²) in [6.45, 7) is 6.56. The molecule has 0 saturated carbocycles. The summed E-state index contributed by atoms with van der Waals surface area (Å²) in [6.07, 6.45) is -0.150. The van der Waals surface area contributed by atoms with Crippen LogP contribution in [0.3, 0.4) is 0 Å². The maximum Gasteiger partial charge on any atom is 0.185 e. The van der Waals surface area contributed by atoms with Crippen molar-refractivity contribution in [3.05, 3.63) is 71.8 Å². The molecule has 0 aliphatic carbocycles. The Hall–Kier alpha value is -1.82. The van der Waals surface area contributed by atoms with Crippen molar-refractivity contribution in [2.75, 3.05) is 0 Å². The molecule has 102 valence electrons. The van der Waals surface area contributed by atoms with Gasteiger partial charge >= 0.3 is 0 Å². The molecule has 0 aliphatic rings. The third-order valence-electron chi connectivity index (χ3n) is 2.70. The Balaban J connectivity index is 2.26. The van der Waals surface area contributed by atoms with Gasteiger partial charge in [-0.1, -0.05) is 60.4 Å². The van der Waals surface area contributed by atoms with Gasteiger partial charge in [-0.3, -0.25) is 0 Å². The molecular weight excluding hydrogens is 260 g/mol. The second-order valence-electron chi connectivity index (χ2n) is 5.66. The van der Waals surface area contributed by atoms with E-state index < -0.39 is 8.32 Å². The van der Waals surface area contributed by atoms with Crippen LogP contribution >= 0.6 is 0 Å². The van der Waals surface area contributed by atoms with Gasteiger partial charge in [-0.25, -0.2) is 0 Å². The van der Waals surface area contributed by atoms with Gasteiger partial charge in [-0.2, -0.15) is 0 Å². The van der Waals surface area contributed by atoms with Crippen molar-refractivity contribution in [3.63, 3.8) is 0 Å². The molecule has 0 bridgehead atoms. The first kappa shape index (κ1) is 14.6. The van der Waals surface area contributed by atoms with Gasteiger partial charge in [0.1, 0.15) is 6.10 Å². The molecule has 2 aromatic rings. The Labute approximate surface area is 122 Å². The number of hydrogen-bond acceptors (Lipinski definition) is 1.